The van der Waals surface area contributed by atoms with Crippen molar-refractivity contribution in [3.8, 4) is 0 Å². The van der Waals surface area contributed by atoms with Crippen LogP contribution in [0.3, 0.4) is 0 Å². The molecule has 0 saturated heterocycles. The Labute approximate surface area is 110 Å². The Hall–Kier alpha value is -1.34. The SMILES string of the molecule is CCNc1nc(N)c(C(=O)NCC2(CO)CC2)s1. The van der Waals surface area contributed by atoms with Crippen LogP contribution in [0.2, 0.25) is 0 Å². The number of nitrogens with one attached hydrogen (secondary N) is 2. The van der Waals surface area contributed by atoms with E-state index in [4.69, 9.17) is 5.73 Å². The van der Waals surface area contributed by atoms with E-state index < -0.39 is 0 Å². The maximum Gasteiger partial charge on any atom is 0.265 e. The summed E-state index contributed by atoms with van der Waals surface area (Å²) in [6.45, 7) is 3.31. The Bertz CT molecular complexity index is 442. The molecule has 1 amide bonds. The summed E-state index contributed by atoms with van der Waals surface area (Å²) < 4.78 is 0. The monoisotopic (exact) mass is 270 g/mol. The molecule has 1 saturated carbocycles. The van der Waals surface area contributed by atoms with E-state index in [9.17, 15) is 9.90 Å². The average Bonchev–Trinajstić information content (AvgIpc) is 3.05. The van der Waals surface area contributed by atoms with Crippen molar-refractivity contribution in [3.05, 3.63) is 4.88 Å². The molecule has 0 radical (unpaired) electrons. The molecular weight excluding hydrogens is 252 g/mol. The number of thiazole rings is 1. The fourth-order valence-electron chi connectivity index (χ4n) is 1.64. The van der Waals surface area contributed by atoms with Crippen molar-refractivity contribution in [2.45, 2.75) is 19.8 Å². The van der Waals surface area contributed by atoms with Crippen molar-refractivity contribution in [2.24, 2.45) is 5.41 Å². The van der Waals surface area contributed by atoms with Crippen LogP contribution in [0.15, 0.2) is 0 Å². The van der Waals surface area contributed by atoms with Crippen LogP contribution in [0, 0.1) is 5.41 Å². The van der Waals surface area contributed by atoms with E-state index >= 15 is 0 Å². The van der Waals surface area contributed by atoms with E-state index in [1.165, 1.54) is 11.3 Å². The number of carbonyl (C=O) groups excluding carboxylic acids is 1. The van der Waals surface area contributed by atoms with Crippen LogP contribution in [0.5, 0.6) is 0 Å². The van der Waals surface area contributed by atoms with Gasteiger partial charge in [0.25, 0.3) is 5.91 Å². The van der Waals surface area contributed by atoms with Crippen molar-refractivity contribution in [3.63, 3.8) is 0 Å². The lowest BCUT2D eigenvalue weighted by Gasteiger charge is -2.11. The first-order chi connectivity index (χ1) is 8.60. The van der Waals surface area contributed by atoms with Gasteiger partial charge >= 0.3 is 0 Å². The zero-order valence-corrected chi connectivity index (χ0v) is 11.1. The third-order valence-corrected chi connectivity index (χ3v) is 4.13. The van der Waals surface area contributed by atoms with E-state index in [0.717, 1.165) is 19.4 Å². The van der Waals surface area contributed by atoms with Crippen LogP contribution in [0.4, 0.5) is 10.9 Å². The number of nitrogens with two attached hydrogens (primary N) is 1. The first-order valence-corrected chi connectivity index (χ1v) is 6.81. The largest absolute Gasteiger partial charge is 0.396 e. The highest BCUT2D eigenvalue weighted by molar-refractivity contribution is 7.18. The van der Waals surface area contributed by atoms with Crippen LogP contribution in [0.1, 0.15) is 29.4 Å². The number of anilines is 2. The van der Waals surface area contributed by atoms with Gasteiger partial charge in [-0.1, -0.05) is 11.3 Å². The maximum atomic E-state index is 11.9. The molecule has 100 valence electrons. The second-order valence-electron chi connectivity index (χ2n) is 4.60. The Balaban J connectivity index is 1.96. The predicted octanol–water partition coefficient (Wildman–Crippen LogP) is 0.659. The number of amides is 1. The minimum Gasteiger partial charge on any atom is -0.396 e. The summed E-state index contributed by atoms with van der Waals surface area (Å²) in [6.07, 6.45) is 1.93. The molecule has 1 aromatic heterocycles. The van der Waals surface area contributed by atoms with Crippen molar-refractivity contribution in [1.29, 1.82) is 0 Å². The van der Waals surface area contributed by atoms with Gasteiger partial charge in [0, 0.05) is 18.5 Å². The van der Waals surface area contributed by atoms with Gasteiger partial charge in [-0.3, -0.25) is 4.79 Å². The molecule has 7 heteroatoms. The van der Waals surface area contributed by atoms with Gasteiger partial charge < -0.3 is 21.5 Å². The zero-order valence-electron chi connectivity index (χ0n) is 10.3. The molecule has 1 aliphatic carbocycles. The molecule has 0 spiro atoms. The minimum atomic E-state index is -0.214. The molecule has 6 nitrogen and oxygen atoms in total. The molecule has 1 heterocycles. The molecule has 5 N–H and O–H groups in total. The molecule has 1 fully saturated rings. The number of rotatable bonds is 6. The lowest BCUT2D eigenvalue weighted by Crippen LogP contribution is -2.31. The Morgan fingerprint density at radius 2 is 2.33 bits per heavy atom. The Kier molecular flexibility index (Phi) is 3.72. The number of hydrogen-bond donors (Lipinski definition) is 4. The number of hydrogen-bond acceptors (Lipinski definition) is 6. The van der Waals surface area contributed by atoms with Crippen molar-refractivity contribution < 1.29 is 9.90 Å². The second-order valence-corrected chi connectivity index (χ2v) is 5.60. The second kappa shape index (κ2) is 5.11. The third kappa shape index (κ3) is 2.73. The van der Waals surface area contributed by atoms with Crippen LogP contribution in [-0.4, -0.2) is 35.7 Å². The highest BCUT2D eigenvalue weighted by Gasteiger charge is 2.42. The topological polar surface area (TPSA) is 100 Å². The smallest absolute Gasteiger partial charge is 0.265 e. The summed E-state index contributed by atoms with van der Waals surface area (Å²) in [5.74, 6) is 0.0381. The molecule has 0 atom stereocenters. The van der Waals surface area contributed by atoms with Crippen molar-refractivity contribution in [1.82, 2.24) is 10.3 Å². The number of aromatic nitrogens is 1. The molecule has 2 rings (SSSR count). The lowest BCUT2D eigenvalue weighted by molar-refractivity contribution is 0.0940. The van der Waals surface area contributed by atoms with Gasteiger partial charge in [-0.25, -0.2) is 4.98 Å². The summed E-state index contributed by atoms with van der Waals surface area (Å²) in [5, 5.41) is 15.7. The summed E-state index contributed by atoms with van der Waals surface area (Å²) in [4.78, 5) is 16.5. The zero-order chi connectivity index (χ0) is 13.2. The van der Waals surface area contributed by atoms with Crippen molar-refractivity contribution >= 4 is 28.2 Å². The maximum absolute atomic E-state index is 11.9. The van der Waals surface area contributed by atoms with Crippen LogP contribution >= 0.6 is 11.3 Å². The van der Waals surface area contributed by atoms with E-state index in [2.05, 4.69) is 15.6 Å². The first kappa shape index (κ1) is 13.1. The van der Waals surface area contributed by atoms with Crippen LogP contribution in [-0.2, 0) is 0 Å². The highest BCUT2D eigenvalue weighted by Crippen LogP contribution is 2.44. The standard InChI is InChI=1S/C11H18N4O2S/c1-2-13-10-15-8(12)7(18-10)9(17)14-5-11(6-16)3-4-11/h16H,2-6,12H2,1H3,(H,13,15)(H,14,17). The normalized spacial score (nSPS) is 16.3. The lowest BCUT2D eigenvalue weighted by atomic mass is 10.1. The van der Waals surface area contributed by atoms with Crippen molar-refractivity contribution in [2.75, 3.05) is 30.7 Å². The molecule has 0 aromatic carbocycles. The quantitative estimate of drug-likeness (QED) is 0.608. The van der Waals surface area contributed by atoms with Gasteiger partial charge in [-0.05, 0) is 19.8 Å². The van der Waals surface area contributed by atoms with Gasteiger partial charge in [-0.15, -0.1) is 0 Å². The number of aliphatic hydroxyl groups is 1. The Morgan fingerprint density at radius 1 is 1.61 bits per heavy atom. The minimum absolute atomic E-state index is 0.0976. The van der Waals surface area contributed by atoms with E-state index in [1.807, 2.05) is 6.92 Å². The van der Waals surface area contributed by atoms with Gasteiger partial charge in [0.2, 0.25) is 0 Å². The molecule has 0 aliphatic heterocycles. The molecule has 1 aliphatic rings. The third-order valence-electron chi connectivity index (χ3n) is 3.10. The summed E-state index contributed by atoms with van der Waals surface area (Å²) in [6, 6.07) is 0. The van der Waals surface area contributed by atoms with E-state index in [1.54, 1.807) is 0 Å². The summed E-state index contributed by atoms with van der Waals surface area (Å²) in [5.41, 5.74) is 5.61. The molecular formula is C11H18N4O2S. The van der Waals surface area contributed by atoms with E-state index in [0.29, 0.717) is 16.6 Å². The number of nitrogen functional groups attached to an aromatic ring is 1. The number of aliphatic hydroxyl groups excluding tert-OH is 1. The molecule has 0 unspecified atom stereocenters. The molecule has 0 bridgehead atoms. The highest BCUT2D eigenvalue weighted by atomic mass is 32.1. The van der Waals surface area contributed by atoms with Crippen LogP contribution in [0.25, 0.3) is 0 Å². The molecule has 1 aromatic rings. The predicted molar refractivity (Wildman–Crippen MR) is 71.8 cm³/mol. The number of carbonyl (C=O) groups is 1. The Morgan fingerprint density at radius 3 is 2.89 bits per heavy atom. The number of nitrogens with zero attached hydrogens (tertiary/aromatic N) is 1. The van der Waals surface area contributed by atoms with Gasteiger partial charge in [-0.2, -0.15) is 0 Å². The first-order valence-electron chi connectivity index (χ1n) is 5.99. The summed E-state index contributed by atoms with van der Waals surface area (Å²) in [7, 11) is 0. The van der Waals surface area contributed by atoms with Crippen LogP contribution < -0.4 is 16.4 Å². The van der Waals surface area contributed by atoms with Gasteiger partial charge in [0.05, 0.1) is 6.61 Å². The van der Waals surface area contributed by atoms with E-state index in [-0.39, 0.29) is 23.7 Å². The van der Waals surface area contributed by atoms with Gasteiger partial charge in [0.15, 0.2) is 5.13 Å². The fourth-order valence-corrected chi connectivity index (χ4v) is 2.51. The molecule has 18 heavy (non-hydrogen) atoms. The fraction of sp³-hybridized carbons (Fsp3) is 0.636. The summed E-state index contributed by atoms with van der Waals surface area (Å²) >= 11 is 1.25. The van der Waals surface area contributed by atoms with Gasteiger partial charge in [0.1, 0.15) is 10.7 Å². The average molecular weight is 270 g/mol.